The van der Waals surface area contributed by atoms with Gasteiger partial charge in [-0.25, -0.2) is 0 Å². The third-order valence-corrected chi connectivity index (χ3v) is 6.50. The number of anilines is 1. The third-order valence-electron chi connectivity index (χ3n) is 6.50. The van der Waals surface area contributed by atoms with Crippen LogP contribution in [-0.4, -0.2) is 16.5 Å². The third kappa shape index (κ3) is 1.34. The van der Waals surface area contributed by atoms with Gasteiger partial charge in [0.25, 0.3) is 5.69 Å². The molecule has 0 unspecified atom stereocenters. The van der Waals surface area contributed by atoms with Crippen LogP contribution in [0.1, 0.15) is 38.5 Å². The van der Waals surface area contributed by atoms with E-state index in [1.807, 2.05) is 12.1 Å². The first-order valence-corrected chi connectivity index (χ1v) is 8.48. The molecule has 22 heavy (non-hydrogen) atoms. The molecule has 1 spiro atoms. The van der Waals surface area contributed by atoms with Gasteiger partial charge in [-0.1, -0.05) is 18.1 Å². The zero-order chi connectivity index (χ0) is 14.9. The minimum absolute atomic E-state index is 0.189. The van der Waals surface area contributed by atoms with Gasteiger partial charge < -0.3 is 4.90 Å². The van der Waals surface area contributed by atoms with E-state index in [4.69, 9.17) is 0 Å². The molecule has 3 aliphatic carbocycles. The van der Waals surface area contributed by atoms with Crippen molar-refractivity contribution in [3.63, 3.8) is 0 Å². The molecule has 4 atom stereocenters. The highest BCUT2D eigenvalue weighted by Crippen LogP contribution is 2.72. The van der Waals surface area contributed by atoms with Crippen LogP contribution in [0.15, 0.2) is 35.9 Å². The molecule has 1 heterocycles. The lowest BCUT2D eigenvalue weighted by Gasteiger charge is -2.52. The number of nitro benzene ring substituents is 1. The zero-order valence-electron chi connectivity index (χ0n) is 12.6. The van der Waals surface area contributed by atoms with Crippen molar-refractivity contribution in [2.75, 3.05) is 4.90 Å². The molecule has 0 N–H and O–H groups in total. The van der Waals surface area contributed by atoms with E-state index in [0.717, 1.165) is 11.8 Å². The van der Waals surface area contributed by atoms with Crippen LogP contribution < -0.4 is 4.90 Å². The second-order valence-corrected chi connectivity index (χ2v) is 7.22. The van der Waals surface area contributed by atoms with Crippen molar-refractivity contribution >= 4 is 11.4 Å². The summed E-state index contributed by atoms with van der Waals surface area (Å²) in [7, 11) is 0. The molecule has 114 valence electrons. The van der Waals surface area contributed by atoms with Crippen molar-refractivity contribution in [3.05, 3.63) is 46.0 Å². The number of hydrogen-bond acceptors (Lipinski definition) is 3. The highest BCUT2D eigenvalue weighted by Gasteiger charge is 2.77. The van der Waals surface area contributed by atoms with Crippen LogP contribution >= 0.6 is 0 Å². The fourth-order valence-corrected chi connectivity index (χ4v) is 5.79. The van der Waals surface area contributed by atoms with E-state index in [-0.39, 0.29) is 10.6 Å². The Morgan fingerprint density at radius 1 is 1.09 bits per heavy atom. The van der Waals surface area contributed by atoms with Gasteiger partial charge in [0, 0.05) is 29.7 Å². The molecule has 1 aliphatic heterocycles. The minimum atomic E-state index is -0.314. The number of fused-ring (bicyclic) bond motifs is 2. The van der Waals surface area contributed by atoms with Crippen molar-refractivity contribution < 1.29 is 4.92 Å². The van der Waals surface area contributed by atoms with Gasteiger partial charge in [-0.05, 0) is 44.2 Å². The average Bonchev–Trinajstić information content (AvgIpc) is 3.25. The molecule has 5 rings (SSSR count). The molecular weight excluding hydrogens is 276 g/mol. The standard InChI is InChI=1S/C18H20N2O2/c21-20(22)13-10-8-12(9-11-13)19-17-7-3-6-16-14-4-1-2-5-15(14)18(16,17)19/h4,8-11,15-17H,1-3,5-7H2/t15-,16+,17-,18+,19?/m0/s1. The van der Waals surface area contributed by atoms with Gasteiger partial charge >= 0.3 is 0 Å². The molecule has 4 heteroatoms. The quantitative estimate of drug-likeness (QED) is 0.358. The van der Waals surface area contributed by atoms with E-state index in [2.05, 4.69) is 11.0 Å². The average molecular weight is 296 g/mol. The van der Waals surface area contributed by atoms with Crippen molar-refractivity contribution in [1.82, 2.24) is 0 Å². The number of nitro groups is 1. The Bertz CT molecular complexity index is 681. The van der Waals surface area contributed by atoms with Gasteiger partial charge in [-0.3, -0.25) is 10.1 Å². The second kappa shape index (κ2) is 4.12. The van der Waals surface area contributed by atoms with Gasteiger partial charge in [-0.15, -0.1) is 0 Å². The summed E-state index contributed by atoms with van der Waals surface area (Å²) in [4.78, 5) is 13.1. The summed E-state index contributed by atoms with van der Waals surface area (Å²) in [5.74, 6) is 1.51. The molecule has 3 fully saturated rings. The van der Waals surface area contributed by atoms with E-state index >= 15 is 0 Å². The molecule has 0 radical (unpaired) electrons. The Morgan fingerprint density at radius 2 is 1.82 bits per heavy atom. The molecule has 1 aromatic rings. The Kier molecular flexibility index (Phi) is 2.37. The molecular formula is C18H20N2O2. The summed E-state index contributed by atoms with van der Waals surface area (Å²) in [5, 5.41) is 10.8. The summed E-state index contributed by atoms with van der Waals surface area (Å²) in [6.07, 6.45) is 10.4. The lowest BCUT2D eigenvalue weighted by Crippen LogP contribution is -2.54. The summed E-state index contributed by atoms with van der Waals surface area (Å²) < 4.78 is 0. The van der Waals surface area contributed by atoms with E-state index in [1.165, 1.54) is 44.2 Å². The Balaban J connectivity index is 1.51. The molecule has 2 saturated carbocycles. The van der Waals surface area contributed by atoms with Crippen LogP contribution in [0.5, 0.6) is 0 Å². The Labute approximate surface area is 130 Å². The molecule has 0 bridgehead atoms. The number of rotatable bonds is 2. The lowest BCUT2D eigenvalue weighted by molar-refractivity contribution is -0.384. The Hall–Kier alpha value is -1.84. The lowest BCUT2D eigenvalue weighted by atomic mass is 9.51. The summed E-state index contributed by atoms with van der Waals surface area (Å²) >= 11 is 0. The smallest absolute Gasteiger partial charge is 0.269 e. The summed E-state index contributed by atoms with van der Waals surface area (Å²) in [5.41, 5.74) is 3.49. The van der Waals surface area contributed by atoms with Gasteiger partial charge in [-0.2, -0.15) is 0 Å². The topological polar surface area (TPSA) is 46.1 Å². The van der Waals surface area contributed by atoms with E-state index in [0.29, 0.717) is 11.6 Å². The number of non-ortho nitro benzene ring substituents is 1. The van der Waals surface area contributed by atoms with E-state index in [1.54, 1.807) is 17.7 Å². The predicted molar refractivity (Wildman–Crippen MR) is 84.9 cm³/mol. The summed E-state index contributed by atoms with van der Waals surface area (Å²) in [6, 6.07) is 7.89. The van der Waals surface area contributed by atoms with Gasteiger partial charge in [0.2, 0.25) is 0 Å². The predicted octanol–water partition coefficient (Wildman–Crippen LogP) is 4.06. The van der Waals surface area contributed by atoms with Crippen LogP contribution in [0, 0.1) is 22.0 Å². The van der Waals surface area contributed by atoms with Crippen molar-refractivity contribution in [2.24, 2.45) is 11.8 Å². The number of benzene rings is 1. The van der Waals surface area contributed by atoms with Crippen LogP contribution in [0.25, 0.3) is 0 Å². The first-order valence-electron chi connectivity index (χ1n) is 8.48. The number of allylic oxidation sites excluding steroid dienone is 1. The largest absolute Gasteiger partial charge is 0.357 e. The highest BCUT2D eigenvalue weighted by atomic mass is 16.6. The van der Waals surface area contributed by atoms with Gasteiger partial charge in [0.1, 0.15) is 0 Å². The van der Waals surface area contributed by atoms with E-state index < -0.39 is 0 Å². The van der Waals surface area contributed by atoms with Crippen LogP contribution in [0.4, 0.5) is 11.4 Å². The molecule has 0 aromatic heterocycles. The fourth-order valence-electron chi connectivity index (χ4n) is 5.79. The van der Waals surface area contributed by atoms with Crippen molar-refractivity contribution in [2.45, 2.75) is 50.1 Å². The molecule has 1 saturated heterocycles. The molecule has 0 amide bonds. The second-order valence-electron chi connectivity index (χ2n) is 7.22. The Morgan fingerprint density at radius 3 is 2.55 bits per heavy atom. The van der Waals surface area contributed by atoms with Crippen molar-refractivity contribution in [1.29, 1.82) is 0 Å². The highest BCUT2D eigenvalue weighted by molar-refractivity contribution is 5.69. The monoisotopic (exact) mass is 296 g/mol. The van der Waals surface area contributed by atoms with Crippen LogP contribution in [-0.2, 0) is 0 Å². The number of nitrogens with zero attached hydrogens (tertiary/aromatic N) is 2. The molecule has 4 aliphatic rings. The van der Waals surface area contributed by atoms with Crippen LogP contribution in [0.3, 0.4) is 0 Å². The fraction of sp³-hybridized carbons (Fsp3) is 0.556. The summed E-state index contributed by atoms with van der Waals surface area (Å²) in [6.45, 7) is 0. The maximum atomic E-state index is 10.8. The minimum Gasteiger partial charge on any atom is -0.357 e. The zero-order valence-corrected chi connectivity index (χ0v) is 12.6. The molecule has 1 aromatic carbocycles. The van der Waals surface area contributed by atoms with Crippen LogP contribution in [0.2, 0.25) is 0 Å². The number of hydrogen-bond donors (Lipinski definition) is 0. The maximum absolute atomic E-state index is 10.8. The molecule has 4 nitrogen and oxygen atoms in total. The maximum Gasteiger partial charge on any atom is 0.269 e. The first-order chi connectivity index (χ1) is 10.7. The SMILES string of the molecule is O=[N+]([O-])c1ccc(N2[C@H]3CCC[C@@H]4C5=CCCC[C@@H]5[C@@]432)cc1. The van der Waals surface area contributed by atoms with Gasteiger partial charge in [0.05, 0.1) is 16.5 Å². The first kappa shape index (κ1) is 12.7. The van der Waals surface area contributed by atoms with Gasteiger partial charge in [0.15, 0.2) is 0 Å². The normalized spacial score (nSPS) is 38.1. The van der Waals surface area contributed by atoms with E-state index in [9.17, 15) is 10.1 Å². The van der Waals surface area contributed by atoms with Crippen molar-refractivity contribution in [3.8, 4) is 0 Å².